The molecule has 0 aromatic heterocycles. The van der Waals surface area contributed by atoms with Crippen molar-refractivity contribution in [2.45, 2.75) is 20.1 Å². The van der Waals surface area contributed by atoms with Gasteiger partial charge in [0.1, 0.15) is 25.6 Å². The van der Waals surface area contributed by atoms with Gasteiger partial charge in [-0.1, -0.05) is 42.5 Å². The maximum Gasteiger partial charge on any atom is 0.163 e. The molecule has 0 bridgehead atoms. The Balaban J connectivity index is 1.43. The lowest BCUT2D eigenvalue weighted by atomic mass is 10.1. The molecular weight excluding hydrogens is 338 g/mol. The van der Waals surface area contributed by atoms with Gasteiger partial charge in [-0.05, 0) is 36.2 Å². The third-order valence-corrected chi connectivity index (χ3v) is 4.64. The van der Waals surface area contributed by atoms with E-state index in [4.69, 9.17) is 14.2 Å². The molecule has 4 rings (SSSR count). The Morgan fingerprint density at radius 1 is 0.852 bits per heavy atom. The van der Waals surface area contributed by atoms with Crippen LogP contribution in [0.2, 0.25) is 0 Å². The van der Waals surface area contributed by atoms with E-state index >= 15 is 0 Å². The summed E-state index contributed by atoms with van der Waals surface area (Å²) in [6.45, 7) is 4.53. The van der Waals surface area contributed by atoms with Gasteiger partial charge in [0.15, 0.2) is 11.5 Å². The summed E-state index contributed by atoms with van der Waals surface area (Å²) < 4.78 is 17.3. The summed E-state index contributed by atoms with van der Waals surface area (Å²) in [6.07, 6.45) is 0. The van der Waals surface area contributed by atoms with E-state index in [-0.39, 0.29) is 0 Å². The van der Waals surface area contributed by atoms with Gasteiger partial charge in [0.25, 0.3) is 0 Å². The lowest BCUT2D eigenvalue weighted by Gasteiger charge is -2.19. The first-order valence-corrected chi connectivity index (χ1v) is 9.18. The normalized spacial score (nSPS) is 12.5. The number of hydrogen-bond acceptors (Lipinski definition) is 4. The van der Waals surface area contributed by atoms with Gasteiger partial charge in [-0.2, -0.15) is 0 Å². The lowest BCUT2D eigenvalue weighted by Crippen LogP contribution is -2.15. The second kappa shape index (κ2) is 8.04. The molecule has 1 aliphatic rings. The van der Waals surface area contributed by atoms with Crippen LogP contribution in [0.1, 0.15) is 16.7 Å². The predicted molar refractivity (Wildman–Crippen MR) is 107 cm³/mol. The van der Waals surface area contributed by atoms with E-state index in [0.29, 0.717) is 26.4 Å². The maximum absolute atomic E-state index is 6.10. The van der Waals surface area contributed by atoms with Crippen LogP contribution in [0, 0.1) is 6.92 Å². The van der Waals surface area contributed by atoms with Crippen molar-refractivity contribution < 1.29 is 14.2 Å². The topological polar surface area (TPSA) is 39.7 Å². The standard InChI is InChI=1S/C23H23NO3/c1-17-6-2-3-8-19(17)16-27-21-9-5-4-7-18(21)15-24-20-10-11-22-23(14-20)26-13-12-25-22/h2-11,14,24H,12-13,15-16H2,1H3. The molecule has 138 valence electrons. The molecule has 1 aliphatic heterocycles. The third kappa shape index (κ3) is 4.17. The Kier molecular flexibility index (Phi) is 5.15. The highest BCUT2D eigenvalue weighted by Gasteiger charge is 2.12. The fraction of sp³-hybridized carbons (Fsp3) is 0.217. The first-order valence-electron chi connectivity index (χ1n) is 9.18. The molecule has 0 radical (unpaired) electrons. The summed E-state index contributed by atoms with van der Waals surface area (Å²) in [7, 11) is 0. The molecule has 4 nitrogen and oxygen atoms in total. The van der Waals surface area contributed by atoms with Crippen LogP contribution < -0.4 is 19.5 Å². The van der Waals surface area contributed by atoms with Gasteiger partial charge >= 0.3 is 0 Å². The summed E-state index contributed by atoms with van der Waals surface area (Å²) in [5, 5.41) is 3.45. The molecule has 0 spiro atoms. The lowest BCUT2D eigenvalue weighted by molar-refractivity contribution is 0.171. The van der Waals surface area contributed by atoms with Crippen molar-refractivity contribution in [3.8, 4) is 17.2 Å². The van der Waals surface area contributed by atoms with Gasteiger partial charge < -0.3 is 19.5 Å². The van der Waals surface area contributed by atoms with Gasteiger partial charge in [0.2, 0.25) is 0 Å². The fourth-order valence-electron chi connectivity index (χ4n) is 3.07. The van der Waals surface area contributed by atoms with E-state index < -0.39 is 0 Å². The zero-order valence-corrected chi connectivity index (χ0v) is 15.4. The monoisotopic (exact) mass is 361 g/mol. The zero-order valence-electron chi connectivity index (χ0n) is 15.4. The van der Waals surface area contributed by atoms with Crippen LogP contribution in [0.5, 0.6) is 17.2 Å². The maximum atomic E-state index is 6.10. The van der Waals surface area contributed by atoms with E-state index in [1.54, 1.807) is 0 Å². The van der Waals surface area contributed by atoms with Crippen LogP contribution in [-0.2, 0) is 13.2 Å². The molecule has 0 saturated carbocycles. The number of nitrogens with one attached hydrogen (secondary N) is 1. The zero-order chi connectivity index (χ0) is 18.5. The number of rotatable bonds is 6. The highest BCUT2D eigenvalue weighted by molar-refractivity contribution is 5.55. The number of hydrogen-bond donors (Lipinski definition) is 1. The number of para-hydroxylation sites is 1. The second-order valence-electron chi connectivity index (χ2n) is 6.53. The summed E-state index contributed by atoms with van der Waals surface area (Å²) >= 11 is 0. The van der Waals surface area contributed by atoms with Gasteiger partial charge in [0, 0.05) is 23.9 Å². The molecule has 0 unspecified atom stereocenters. The van der Waals surface area contributed by atoms with Crippen LogP contribution in [-0.4, -0.2) is 13.2 Å². The Hall–Kier alpha value is -3.14. The minimum Gasteiger partial charge on any atom is -0.489 e. The van der Waals surface area contributed by atoms with E-state index in [1.807, 2.05) is 48.5 Å². The van der Waals surface area contributed by atoms with Gasteiger partial charge in [-0.3, -0.25) is 0 Å². The van der Waals surface area contributed by atoms with E-state index in [9.17, 15) is 0 Å². The minimum absolute atomic E-state index is 0.563. The molecule has 0 saturated heterocycles. The molecule has 0 amide bonds. The molecule has 4 heteroatoms. The van der Waals surface area contributed by atoms with Crippen LogP contribution in [0.25, 0.3) is 0 Å². The molecule has 0 aliphatic carbocycles. The summed E-state index contributed by atoms with van der Waals surface area (Å²) in [5.41, 5.74) is 4.55. The summed E-state index contributed by atoms with van der Waals surface area (Å²) in [5.74, 6) is 2.48. The van der Waals surface area contributed by atoms with Crippen LogP contribution >= 0.6 is 0 Å². The Labute approximate surface area is 159 Å². The SMILES string of the molecule is Cc1ccccc1COc1ccccc1CNc1ccc2c(c1)OCCO2. The number of benzene rings is 3. The van der Waals surface area contributed by atoms with Crippen molar-refractivity contribution >= 4 is 5.69 Å². The predicted octanol–water partition coefficient (Wildman–Crippen LogP) is 4.96. The largest absolute Gasteiger partial charge is 0.489 e. The van der Waals surface area contributed by atoms with Crippen molar-refractivity contribution in [1.29, 1.82) is 0 Å². The number of fused-ring (bicyclic) bond motifs is 1. The van der Waals surface area contributed by atoms with Crippen molar-refractivity contribution in [3.63, 3.8) is 0 Å². The molecule has 1 N–H and O–H groups in total. The van der Waals surface area contributed by atoms with E-state index in [2.05, 4.69) is 30.4 Å². The number of ether oxygens (including phenoxy) is 3. The second-order valence-corrected chi connectivity index (χ2v) is 6.53. The molecule has 1 heterocycles. The van der Waals surface area contributed by atoms with Crippen molar-refractivity contribution in [2.24, 2.45) is 0 Å². The number of aryl methyl sites for hydroxylation is 1. The Morgan fingerprint density at radius 3 is 2.44 bits per heavy atom. The first kappa shape index (κ1) is 17.3. The Bertz CT molecular complexity index is 923. The van der Waals surface area contributed by atoms with Gasteiger partial charge in [0.05, 0.1) is 0 Å². The molecule has 27 heavy (non-hydrogen) atoms. The fourth-order valence-corrected chi connectivity index (χ4v) is 3.07. The average Bonchev–Trinajstić information content (AvgIpc) is 2.72. The van der Waals surface area contributed by atoms with Crippen molar-refractivity contribution in [2.75, 3.05) is 18.5 Å². The number of anilines is 1. The molecule has 0 fully saturated rings. The minimum atomic E-state index is 0.563. The van der Waals surface area contributed by atoms with E-state index in [1.165, 1.54) is 11.1 Å². The van der Waals surface area contributed by atoms with E-state index in [0.717, 1.165) is 28.5 Å². The van der Waals surface area contributed by atoms with Crippen LogP contribution in [0.4, 0.5) is 5.69 Å². The molecule has 3 aromatic rings. The summed E-state index contributed by atoms with van der Waals surface area (Å²) in [6, 6.07) is 22.3. The van der Waals surface area contributed by atoms with Crippen molar-refractivity contribution in [3.05, 3.63) is 83.4 Å². The first-order chi connectivity index (χ1) is 13.3. The Morgan fingerprint density at radius 2 is 1.59 bits per heavy atom. The van der Waals surface area contributed by atoms with Gasteiger partial charge in [-0.25, -0.2) is 0 Å². The molecule has 3 aromatic carbocycles. The average molecular weight is 361 g/mol. The van der Waals surface area contributed by atoms with Crippen molar-refractivity contribution in [1.82, 2.24) is 0 Å². The van der Waals surface area contributed by atoms with Gasteiger partial charge in [-0.15, -0.1) is 0 Å². The molecular formula is C23H23NO3. The third-order valence-electron chi connectivity index (χ3n) is 4.64. The quantitative estimate of drug-likeness (QED) is 0.674. The highest BCUT2D eigenvalue weighted by atomic mass is 16.6. The smallest absolute Gasteiger partial charge is 0.163 e. The van der Waals surface area contributed by atoms with Crippen LogP contribution in [0.3, 0.4) is 0 Å². The highest BCUT2D eigenvalue weighted by Crippen LogP contribution is 2.33. The van der Waals surface area contributed by atoms with Crippen LogP contribution in [0.15, 0.2) is 66.7 Å². The molecule has 0 atom stereocenters. The summed E-state index contributed by atoms with van der Waals surface area (Å²) in [4.78, 5) is 0.